The predicted molar refractivity (Wildman–Crippen MR) is 96.8 cm³/mol. The zero-order chi connectivity index (χ0) is 21.6. The van der Waals surface area contributed by atoms with Gasteiger partial charge in [-0.25, -0.2) is 13.6 Å². The lowest BCUT2D eigenvalue weighted by Gasteiger charge is -2.15. The number of esters is 1. The van der Waals surface area contributed by atoms with Crippen molar-refractivity contribution in [3.05, 3.63) is 63.1 Å². The number of aromatic nitrogens is 1. The van der Waals surface area contributed by atoms with Gasteiger partial charge in [-0.3, -0.25) is 9.59 Å². The minimum atomic E-state index is -0.908. The van der Waals surface area contributed by atoms with Gasteiger partial charge in [0, 0.05) is 24.4 Å². The van der Waals surface area contributed by atoms with Gasteiger partial charge in [0.15, 0.2) is 11.4 Å². The lowest BCUT2D eigenvalue weighted by molar-refractivity contribution is -0.108. The van der Waals surface area contributed by atoms with E-state index in [0.717, 1.165) is 30.0 Å². The smallest absolute Gasteiger partial charge is 0.359 e. The average Bonchev–Trinajstić information content (AvgIpc) is 2.68. The highest BCUT2D eigenvalue weighted by atomic mass is 19.1. The van der Waals surface area contributed by atoms with Crippen molar-refractivity contribution in [2.75, 3.05) is 13.7 Å². The van der Waals surface area contributed by atoms with E-state index < -0.39 is 40.3 Å². The number of amides is 1. The molecule has 8 nitrogen and oxygen atoms in total. The van der Waals surface area contributed by atoms with Crippen molar-refractivity contribution in [3.63, 3.8) is 0 Å². The van der Waals surface area contributed by atoms with Gasteiger partial charge in [0.05, 0.1) is 20.3 Å². The number of carbonyl (C=O) groups is 3. The van der Waals surface area contributed by atoms with Gasteiger partial charge in [-0.2, -0.15) is 0 Å². The van der Waals surface area contributed by atoms with Crippen molar-refractivity contribution < 1.29 is 32.6 Å². The maximum Gasteiger partial charge on any atom is 0.359 e. The van der Waals surface area contributed by atoms with E-state index >= 15 is 0 Å². The van der Waals surface area contributed by atoms with Crippen LogP contribution in [0.4, 0.5) is 8.78 Å². The summed E-state index contributed by atoms with van der Waals surface area (Å²) in [6.07, 6.45) is 1.48. The largest absolute Gasteiger partial charge is 0.491 e. The number of hydrogen-bond acceptors (Lipinski definition) is 6. The molecule has 0 atom stereocenters. The Balaban J connectivity index is 2.42. The van der Waals surface area contributed by atoms with E-state index in [1.807, 2.05) is 0 Å². The van der Waals surface area contributed by atoms with Crippen LogP contribution in [0.5, 0.6) is 5.75 Å². The second-order valence-corrected chi connectivity index (χ2v) is 5.71. The molecule has 1 heterocycles. The molecule has 10 heteroatoms. The van der Waals surface area contributed by atoms with Crippen LogP contribution in [-0.4, -0.2) is 36.4 Å². The standard InChI is InChI=1S/C19H18F2N2O6/c1-3-29-19(27)15-17(28-2)16(25)13(10-23(15)6-7-24)18(26)22-9-11-4-5-12(20)8-14(11)21/h4-5,7-8,10H,3,6,9H2,1-2H3,(H,22,26). The Bertz CT molecular complexity index is 1000. The minimum absolute atomic E-state index is 0.00285. The Labute approximate surface area is 164 Å². The number of benzene rings is 1. The van der Waals surface area contributed by atoms with Gasteiger partial charge in [0.2, 0.25) is 5.43 Å². The van der Waals surface area contributed by atoms with Crippen LogP contribution in [0.15, 0.2) is 29.2 Å². The highest BCUT2D eigenvalue weighted by Crippen LogP contribution is 2.17. The van der Waals surface area contributed by atoms with E-state index in [1.165, 1.54) is 0 Å². The number of nitrogens with zero attached hydrogens (tertiary/aromatic N) is 1. The summed E-state index contributed by atoms with van der Waals surface area (Å²) >= 11 is 0. The summed E-state index contributed by atoms with van der Waals surface area (Å²) in [5, 5.41) is 2.34. The number of pyridine rings is 1. The number of nitrogens with one attached hydrogen (secondary N) is 1. The zero-order valence-corrected chi connectivity index (χ0v) is 15.7. The summed E-state index contributed by atoms with van der Waals surface area (Å²) in [4.78, 5) is 48.3. The van der Waals surface area contributed by atoms with Crippen LogP contribution in [0.1, 0.15) is 33.3 Å². The lowest BCUT2D eigenvalue weighted by atomic mass is 10.1. The molecule has 1 N–H and O–H groups in total. The topological polar surface area (TPSA) is 104 Å². The fourth-order valence-corrected chi connectivity index (χ4v) is 2.56. The molecule has 0 radical (unpaired) electrons. The van der Waals surface area contributed by atoms with Gasteiger partial charge in [-0.15, -0.1) is 0 Å². The number of aldehydes is 1. The van der Waals surface area contributed by atoms with Gasteiger partial charge >= 0.3 is 5.97 Å². The molecule has 0 fully saturated rings. The molecule has 1 aromatic heterocycles. The maximum absolute atomic E-state index is 13.7. The molecule has 0 aliphatic carbocycles. The summed E-state index contributed by atoms with van der Waals surface area (Å²) in [7, 11) is 1.13. The molecule has 2 aromatic rings. The average molecular weight is 408 g/mol. The van der Waals surface area contributed by atoms with Crippen molar-refractivity contribution in [2.45, 2.75) is 20.0 Å². The van der Waals surface area contributed by atoms with Crippen molar-refractivity contribution >= 4 is 18.2 Å². The second kappa shape index (κ2) is 9.58. The minimum Gasteiger partial charge on any atom is -0.491 e. The third-order valence-corrected chi connectivity index (χ3v) is 3.88. The van der Waals surface area contributed by atoms with Crippen molar-refractivity contribution in [3.8, 4) is 5.75 Å². The van der Waals surface area contributed by atoms with Crippen LogP contribution in [0, 0.1) is 11.6 Å². The third-order valence-electron chi connectivity index (χ3n) is 3.88. The number of carbonyl (C=O) groups excluding carboxylic acids is 3. The van der Waals surface area contributed by atoms with Crippen LogP contribution in [0.25, 0.3) is 0 Å². The quantitative estimate of drug-likeness (QED) is 0.524. The van der Waals surface area contributed by atoms with E-state index in [-0.39, 0.29) is 31.0 Å². The molecule has 29 heavy (non-hydrogen) atoms. The second-order valence-electron chi connectivity index (χ2n) is 5.71. The first kappa shape index (κ1) is 21.7. The summed E-state index contributed by atoms with van der Waals surface area (Å²) in [6, 6.07) is 2.84. The Morgan fingerprint density at radius 3 is 2.59 bits per heavy atom. The highest BCUT2D eigenvalue weighted by Gasteiger charge is 2.26. The third kappa shape index (κ3) is 4.84. The molecule has 2 rings (SSSR count). The summed E-state index contributed by atoms with van der Waals surface area (Å²) < 4.78 is 37.6. The van der Waals surface area contributed by atoms with E-state index in [2.05, 4.69) is 5.32 Å². The van der Waals surface area contributed by atoms with Crippen molar-refractivity contribution in [2.24, 2.45) is 0 Å². The Kier molecular flexibility index (Phi) is 7.18. The summed E-state index contributed by atoms with van der Waals surface area (Å²) in [5.74, 6) is -3.89. The first-order valence-electron chi connectivity index (χ1n) is 8.48. The van der Waals surface area contributed by atoms with Crippen molar-refractivity contribution in [1.82, 2.24) is 9.88 Å². The molecule has 0 bridgehead atoms. The lowest BCUT2D eigenvalue weighted by Crippen LogP contribution is -2.32. The summed E-state index contributed by atoms with van der Waals surface area (Å²) in [5.41, 5.74) is -1.65. The molecule has 0 aliphatic heterocycles. The Morgan fingerprint density at radius 2 is 2.00 bits per heavy atom. The first-order chi connectivity index (χ1) is 13.8. The molecular weight excluding hydrogens is 390 g/mol. The first-order valence-corrected chi connectivity index (χ1v) is 8.48. The monoisotopic (exact) mass is 408 g/mol. The fraction of sp³-hybridized carbons (Fsp3) is 0.263. The number of hydrogen-bond donors (Lipinski definition) is 1. The Morgan fingerprint density at radius 1 is 1.28 bits per heavy atom. The van der Waals surface area contributed by atoms with Crippen LogP contribution < -0.4 is 15.5 Å². The van der Waals surface area contributed by atoms with Crippen LogP contribution in [0.3, 0.4) is 0 Å². The van der Waals surface area contributed by atoms with E-state index in [9.17, 15) is 28.0 Å². The van der Waals surface area contributed by atoms with E-state index in [1.54, 1.807) is 6.92 Å². The molecule has 154 valence electrons. The van der Waals surface area contributed by atoms with Crippen LogP contribution >= 0.6 is 0 Å². The van der Waals surface area contributed by atoms with E-state index in [4.69, 9.17) is 9.47 Å². The SMILES string of the molecule is CCOC(=O)c1c(OC)c(=O)c(C(=O)NCc2ccc(F)cc2F)cn1CC=O. The fourth-order valence-electron chi connectivity index (χ4n) is 2.56. The maximum atomic E-state index is 13.7. The Hall–Kier alpha value is -3.56. The van der Waals surface area contributed by atoms with Gasteiger partial charge in [0.25, 0.3) is 5.91 Å². The molecule has 0 unspecified atom stereocenters. The predicted octanol–water partition coefficient (Wildman–Crippen LogP) is 1.44. The molecule has 1 aromatic carbocycles. The molecule has 1 amide bonds. The molecular formula is C19H18F2N2O6. The van der Waals surface area contributed by atoms with E-state index in [0.29, 0.717) is 12.4 Å². The molecule has 0 spiro atoms. The zero-order valence-electron chi connectivity index (χ0n) is 15.7. The van der Waals surface area contributed by atoms with Gasteiger partial charge < -0.3 is 24.2 Å². The molecule has 0 saturated heterocycles. The number of methoxy groups -OCH3 is 1. The normalized spacial score (nSPS) is 10.3. The van der Waals surface area contributed by atoms with Crippen LogP contribution in [0.2, 0.25) is 0 Å². The van der Waals surface area contributed by atoms with Crippen molar-refractivity contribution in [1.29, 1.82) is 0 Å². The van der Waals surface area contributed by atoms with Gasteiger partial charge in [-0.05, 0) is 13.0 Å². The molecule has 0 saturated carbocycles. The van der Waals surface area contributed by atoms with Crippen LogP contribution in [-0.2, 0) is 22.6 Å². The number of ether oxygens (including phenoxy) is 2. The van der Waals surface area contributed by atoms with Gasteiger partial charge in [0.1, 0.15) is 23.5 Å². The van der Waals surface area contributed by atoms with Gasteiger partial charge in [-0.1, -0.05) is 6.07 Å². The number of halogens is 2. The summed E-state index contributed by atoms with van der Waals surface area (Å²) in [6.45, 7) is 0.906. The molecule has 0 aliphatic rings. The number of rotatable bonds is 8. The highest BCUT2D eigenvalue weighted by molar-refractivity contribution is 5.97.